The first kappa shape index (κ1) is 22.3. The molecule has 6 heteroatoms. The summed E-state index contributed by atoms with van der Waals surface area (Å²) in [5.41, 5.74) is 2.88. The summed E-state index contributed by atoms with van der Waals surface area (Å²) in [5, 5.41) is 0.433. The van der Waals surface area contributed by atoms with Crippen LogP contribution in [0.4, 0.5) is 4.39 Å². The van der Waals surface area contributed by atoms with Crippen molar-refractivity contribution in [1.29, 1.82) is 0 Å². The zero-order chi connectivity index (χ0) is 20.9. The minimum absolute atomic E-state index is 0.0735. The molecular weight excluding hydrogens is 411 g/mol. The van der Waals surface area contributed by atoms with Gasteiger partial charge in [-0.3, -0.25) is 4.18 Å². The number of hydrogen-bond acceptors (Lipinski definition) is 3. The van der Waals surface area contributed by atoms with Crippen LogP contribution in [0.5, 0.6) is 0 Å². The molecule has 2 atom stereocenters. The van der Waals surface area contributed by atoms with Crippen LogP contribution in [-0.4, -0.2) is 14.7 Å². The lowest BCUT2D eigenvalue weighted by Crippen LogP contribution is -2.08. The van der Waals surface area contributed by atoms with E-state index >= 15 is 0 Å². The highest BCUT2D eigenvalue weighted by Gasteiger charge is 2.22. The lowest BCUT2D eigenvalue weighted by Gasteiger charge is -2.20. The Kier molecular flexibility index (Phi) is 7.72. The maximum absolute atomic E-state index is 14.4. The topological polar surface area (TPSA) is 43.4 Å². The largest absolute Gasteiger partial charge is 0.265 e. The Labute approximate surface area is 178 Å². The lowest BCUT2D eigenvalue weighted by atomic mass is 9.86. The molecule has 0 amide bonds. The Morgan fingerprint density at radius 2 is 1.59 bits per heavy atom. The number of rotatable bonds is 5. The predicted molar refractivity (Wildman–Crippen MR) is 115 cm³/mol. The standard InChI is InChI=1S/C23H28ClFO3S/c1-29(26,27)28-16-19-9-4-5-12-21(19)17-7-2-3-8-18(11-6-10-17)22-14-13-20(24)15-23(22)25/h4-5,9,12-15,17-18H,2-3,6-8,10-11,16H2,1H3. The maximum atomic E-state index is 14.4. The van der Waals surface area contributed by atoms with E-state index in [0.29, 0.717) is 10.9 Å². The third-order valence-electron chi connectivity index (χ3n) is 5.79. The van der Waals surface area contributed by atoms with Crippen molar-refractivity contribution >= 4 is 21.7 Å². The molecule has 2 unspecified atom stereocenters. The summed E-state index contributed by atoms with van der Waals surface area (Å²) >= 11 is 5.91. The average Bonchev–Trinajstić information content (AvgIpc) is 2.78. The molecule has 1 fully saturated rings. The van der Waals surface area contributed by atoms with Crippen molar-refractivity contribution in [1.82, 2.24) is 0 Å². The second kappa shape index (κ2) is 10.1. The van der Waals surface area contributed by atoms with Gasteiger partial charge in [-0.25, -0.2) is 4.39 Å². The van der Waals surface area contributed by atoms with Gasteiger partial charge in [0.15, 0.2) is 0 Å². The van der Waals surface area contributed by atoms with Gasteiger partial charge in [0, 0.05) is 5.02 Å². The molecule has 3 rings (SSSR count). The van der Waals surface area contributed by atoms with Crippen molar-refractivity contribution in [2.24, 2.45) is 0 Å². The van der Waals surface area contributed by atoms with Crippen molar-refractivity contribution < 1.29 is 17.0 Å². The van der Waals surface area contributed by atoms with Gasteiger partial charge in [-0.05, 0) is 66.3 Å². The van der Waals surface area contributed by atoms with E-state index in [-0.39, 0.29) is 18.3 Å². The number of halogens is 2. The van der Waals surface area contributed by atoms with Gasteiger partial charge in [0.25, 0.3) is 10.1 Å². The maximum Gasteiger partial charge on any atom is 0.264 e. The van der Waals surface area contributed by atoms with E-state index in [1.54, 1.807) is 6.07 Å². The molecule has 0 saturated heterocycles. The molecule has 2 aromatic carbocycles. The van der Waals surface area contributed by atoms with E-state index in [4.69, 9.17) is 15.8 Å². The first-order chi connectivity index (χ1) is 13.8. The lowest BCUT2D eigenvalue weighted by molar-refractivity contribution is 0.309. The molecule has 0 aromatic heterocycles. The zero-order valence-corrected chi connectivity index (χ0v) is 18.3. The second-order valence-electron chi connectivity index (χ2n) is 7.94. The summed E-state index contributed by atoms with van der Waals surface area (Å²) < 4.78 is 42.2. The van der Waals surface area contributed by atoms with Gasteiger partial charge in [-0.15, -0.1) is 0 Å². The van der Waals surface area contributed by atoms with Crippen molar-refractivity contribution in [2.75, 3.05) is 6.26 Å². The second-order valence-corrected chi connectivity index (χ2v) is 10.0. The van der Waals surface area contributed by atoms with E-state index in [1.165, 1.54) is 11.6 Å². The van der Waals surface area contributed by atoms with E-state index in [9.17, 15) is 12.8 Å². The molecule has 0 heterocycles. The molecule has 158 valence electrons. The van der Waals surface area contributed by atoms with Crippen LogP contribution in [0.3, 0.4) is 0 Å². The van der Waals surface area contributed by atoms with Crippen molar-refractivity contribution in [3.63, 3.8) is 0 Å². The normalized spacial score (nSPS) is 21.2. The SMILES string of the molecule is CS(=O)(=O)OCc1ccccc1C1CCCCC(c2ccc(Cl)cc2F)CCC1. The molecule has 3 nitrogen and oxygen atoms in total. The molecule has 1 aliphatic rings. The molecule has 0 spiro atoms. The Morgan fingerprint density at radius 1 is 0.966 bits per heavy atom. The highest BCUT2D eigenvalue weighted by Crippen LogP contribution is 2.37. The highest BCUT2D eigenvalue weighted by molar-refractivity contribution is 7.85. The molecule has 2 aromatic rings. The smallest absolute Gasteiger partial charge is 0.264 e. The van der Waals surface area contributed by atoms with Crippen LogP contribution in [0.1, 0.15) is 73.5 Å². The molecule has 1 aliphatic carbocycles. The predicted octanol–water partition coefficient (Wildman–Crippen LogP) is 6.57. The molecule has 0 aliphatic heterocycles. The van der Waals surface area contributed by atoms with Crippen LogP contribution < -0.4 is 0 Å². The van der Waals surface area contributed by atoms with Crippen LogP contribution >= 0.6 is 11.6 Å². The van der Waals surface area contributed by atoms with Gasteiger partial charge in [0.2, 0.25) is 0 Å². The van der Waals surface area contributed by atoms with Crippen LogP contribution in [0.25, 0.3) is 0 Å². The third-order valence-corrected chi connectivity index (χ3v) is 6.57. The van der Waals surface area contributed by atoms with E-state index in [2.05, 4.69) is 6.07 Å². The van der Waals surface area contributed by atoms with E-state index in [1.807, 2.05) is 24.3 Å². The first-order valence-electron chi connectivity index (χ1n) is 10.2. The monoisotopic (exact) mass is 438 g/mol. The molecule has 29 heavy (non-hydrogen) atoms. The molecule has 0 radical (unpaired) electrons. The summed E-state index contributed by atoms with van der Waals surface area (Å²) in [6.07, 6.45) is 8.15. The molecule has 0 bridgehead atoms. The van der Waals surface area contributed by atoms with Gasteiger partial charge in [0.1, 0.15) is 5.82 Å². The van der Waals surface area contributed by atoms with Gasteiger partial charge in [0.05, 0.1) is 12.9 Å². The number of hydrogen-bond donors (Lipinski definition) is 0. The fraction of sp³-hybridized carbons (Fsp3) is 0.478. The van der Waals surface area contributed by atoms with Crippen LogP contribution in [-0.2, 0) is 20.9 Å². The minimum Gasteiger partial charge on any atom is -0.265 e. The Hall–Kier alpha value is -1.43. The first-order valence-corrected chi connectivity index (χ1v) is 12.4. The Balaban J connectivity index is 1.72. The van der Waals surface area contributed by atoms with Gasteiger partial charge >= 0.3 is 0 Å². The summed E-state index contributed by atoms with van der Waals surface area (Å²) in [4.78, 5) is 0. The Morgan fingerprint density at radius 3 is 2.24 bits per heavy atom. The summed E-state index contributed by atoms with van der Waals surface area (Å²) in [7, 11) is -3.48. The van der Waals surface area contributed by atoms with Gasteiger partial charge < -0.3 is 0 Å². The summed E-state index contributed by atoms with van der Waals surface area (Å²) in [6, 6.07) is 12.9. The average molecular weight is 439 g/mol. The summed E-state index contributed by atoms with van der Waals surface area (Å²) in [6.45, 7) is 0.0735. The van der Waals surface area contributed by atoms with Crippen LogP contribution in [0, 0.1) is 5.82 Å². The molecular formula is C23H28ClFO3S. The van der Waals surface area contributed by atoms with E-state index in [0.717, 1.165) is 62.3 Å². The van der Waals surface area contributed by atoms with Gasteiger partial charge in [-0.2, -0.15) is 8.42 Å². The fourth-order valence-corrected chi connectivity index (χ4v) is 4.87. The quantitative estimate of drug-likeness (QED) is 0.496. The van der Waals surface area contributed by atoms with Crippen LogP contribution in [0.15, 0.2) is 42.5 Å². The van der Waals surface area contributed by atoms with Crippen molar-refractivity contribution in [3.05, 3.63) is 70.0 Å². The minimum atomic E-state index is -3.48. The van der Waals surface area contributed by atoms with Gasteiger partial charge in [-0.1, -0.05) is 61.2 Å². The van der Waals surface area contributed by atoms with Crippen LogP contribution in [0.2, 0.25) is 5.02 Å². The number of benzene rings is 2. The van der Waals surface area contributed by atoms with E-state index < -0.39 is 10.1 Å². The summed E-state index contributed by atoms with van der Waals surface area (Å²) in [5.74, 6) is 0.375. The zero-order valence-electron chi connectivity index (χ0n) is 16.7. The molecule has 1 saturated carbocycles. The third kappa shape index (κ3) is 6.53. The highest BCUT2D eigenvalue weighted by atomic mass is 35.5. The fourth-order valence-electron chi connectivity index (χ4n) is 4.37. The molecule has 0 N–H and O–H groups in total. The van der Waals surface area contributed by atoms with Crippen molar-refractivity contribution in [3.8, 4) is 0 Å². The Bertz CT molecular complexity index is 929. The van der Waals surface area contributed by atoms with Crippen molar-refractivity contribution in [2.45, 2.75) is 63.4 Å².